The van der Waals surface area contributed by atoms with Gasteiger partial charge in [-0.05, 0) is 49.9 Å². The lowest BCUT2D eigenvalue weighted by molar-refractivity contribution is 0.198. The van der Waals surface area contributed by atoms with Crippen LogP contribution in [0.3, 0.4) is 0 Å². The molecule has 1 aromatic heterocycles. The van der Waals surface area contributed by atoms with Crippen molar-refractivity contribution in [3.63, 3.8) is 0 Å². The lowest BCUT2D eigenvalue weighted by Crippen LogP contribution is -2.35. The quantitative estimate of drug-likeness (QED) is 0.885. The van der Waals surface area contributed by atoms with Crippen LogP contribution < -0.4 is 5.32 Å². The minimum atomic E-state index is 0.165. The molecule has 20 heavy (non-hydrogen) atoms. The summed E-state index contributed by atoms with van der Waals surface area (Å²) in [6.07, 6.45) is 3.46. The van der Waals surface area contributed by atoms with Gasteiger partial charge in [-0.1, -0.05) is 22.4 Å². The minimum Gasteiger partial charge on any atom is -0.459 e. The van der Waals surface area contributed by atoms with Crippen molar-refractivity contribution in [2.45, 2.75) is 38.3 Å². The number of rotatable bonds is 4. The van der Waals surface area contributed by atoms with Gasteiger partial charge >= 0.3 is 0 Å². The van der Waals surface area contributed by atoms with Crippen molar-refractivity contribution in [3.8, 4) is 0 Å². The molecule has 0 radical (unpaired) electrons. The number of furan rings is 1. The molecule has 1 fully saturated rings. The Bertz CT molecular complexity index is 595. The van der Waals surface area contributed by atoms with E-state index in [4.69, 9.17) is 4.42 Å². The summed E-state index contributed by atoms with van der Waals surface area (Å²) in [5.41, 5.74) is 0.919. The van der Waals surface area contributed by atoms with Crippen molar-refractivity contribution >= 4 is 26.9 Å². The lowest BCUT2D eigenvalue weighted by Gasteiger charge is -2.22. The van der Waals surface area contributed by atoms with Gasteiger partial charge in [-0.25, -0.2) is 0 Å². The smallest absolute Gasteiger partial charge is 0.134 e. The number of aliphatic hydroxyl groups is 1. The zero-order valence-electron chi connectivity index (χ0n) is 11.6. The van der Waals surface area contributed by atoms with Gasteiger partial charge in [-0.2, -0.15) is 0 Å². The van der Waals surface area contributed by atoms with Gasteiger partial charge in [0.05, 0.1) is 6.04 Å². The third-order valence-electron chi connectivity index (χ3n) is 4.28. The number of benzene rings is 1. The monoisotopic (exact) mass is 337 g/mol. The first kappa shape index (κ1) is 14.1. The van der Waals surface area contributed by atoms with Crippen molar-refractivity contribution in [1.82, 2.24) is 5.32 Å². The molecule has 0 aliphatic heterocycles. The molecule has 0 spiro atoms. The van der Waals surface area contributed by atoms with Crippen LogP contribution in [0.4, 0.5) is 0 Å². The molecule has 0 amide bonds. The topological polar surface area (TPSA) is 45.4 Å². The number of nitrogens with one attached hydrogen (secondary N) is 1. The van der Waals surface area contributed by atoms with E-state index in [2.05, 4.69) is 40.3 Å². The highest BCUT2D eigenvalue weighted by Gasteiger charge is 2.28. The second-order valence-corrected chi connectivity index (χ2v) is 6.61. The highest BCUT2D eigenvalue weighted by molar-refractivity contribution is 9.10. The summed E-state index contributed by atoms with van der Waals surface area (Å²) in [6.45, 7) is 2.40. The predicted molar refractivity (Wildman–Crippen MR) is 83.7 cm³/mol. The second-order valence-electron chi connectivity index (χ2n) is 5.70. The van der Waals surface area contributed by atoms with Gasteiger partial charge in [-0.15, -0.1) is 0 Å². The van der Waals surface area contributed by atoms with Crippen LogP contribution in [-0.2, 0) is 0 Å². The number of hydrogen-bond donors (Lipinski definition) is 2. The number of hydrogen-bond acceptors (Lipinski definition) is 3. The normalized spacial score (nSPS) is 24.4. The molecule has 4 heteroatoms. The van der Waals surface area contributed by atoms with E-state index in [0.717, 1.165) is 34.0 Å². The van der Waals surface area contributed by atoms with Crippen molar-refractivity contribution in [1.29, 1.82) is 0 Å². The molecular formula is C16H20BrNO2. The van der Waals surface area contributed by atoms with Gasteiger partial charge in [0.2, 0.25) is 0 Å². The highest BCUT2D eigenvalue weighted by atomic mass is 79.9. The average molecular weight is 338 g/mol. The van der Waals surface area contributed by atoms with Gasteiger partial charge in [0.15, 0.2) is 0 Å². The number of halogens is 1. The summed E-state index contributed by atoms with van der Waals surface area (Å²) in [6, 6.07) is 8.71. The molecule has 108 valence electrons. The van der Waals surface area contributed by atoms with Crippen molar-refractivity contribution in [2.24, 2.45) is 5.92 Å². The molecule has 2 aromatic rings. The van der Waals surface area contributed by atoms with Crippen LogP contribution in [0.1, 0.15) is 38.0 Å². The van der Waals surface area contributed by atoms with Crippen LogP contribution in [0.2, 0.25) is 0 Å². The van der Waals surface area contributed by atoms with Crippen LogP contribution >= 0.6 is 15.9 Å². The fraction of sp³-hybridized carbons (Fsp3) is 0.500. The summed E-state index contributed by atoms with van der Waals surface area (Å²) >= 11 is 3.48. The van der Waals surface area contributed by atoms with E-state index in [1.165, 1.54) is 6.42 Å². The maximum atomic E-state index is 9.40. The molecule has 1 heterocycles. The molecule has 0 bridgehead atoms. The molecule has 1 saturated carbocycles. The Morgan fingerprint density at radius 2 is 2.25 bits per heavy atom. The summed E-state index contributed by atoms with van der Waals surface area (Å²) in [7, 11) is 0. The molecule has 1 aliphatic rings. The molecule has 3 atom stereocenters. The fourth-order valence-electron chi connectivity index (χ4n) is 3.13. The second kappa shape index (κ2) is 5.88. The summed E-state index contributed by atoms with van der Waals surface area (Å²) < 4.78 is 6.98. The van der Waals surface area contributed by atoms with E-state index < -0.39 is 0 Å². The lowest BCUT2D eigenvalue weighted by atomic mass is 10.0. The maximum Gasteiger partial charge on any atom is 0.134 e. The standard InChI is InChI=1S/C16H20BrNO2/c1-10(18-14-4-2-3-11(14)9-19)16-8-12-7-13(17)5-6-15(12)20-16/h5-8,10-11,14,18-19H,2-4,9H2,1H3. The zero-order chi connectivity index (χ0) is 14.1. The molecule has 1 aliphatic carbocycles. The largest absolute Gasteiger partial charge is 0.459 e. The first-order chi connectivity index (χ1) is 9.67. The van der Waals surface area contributed by atoms with E-state index in [1.807, 2.05) is 12.1 Å². The predicted octanol–water partition coefficient (Wildman–Crippen LogP) is 4.01. The maximum absolute atomic E-state index is 9.40. The van der Waals surface area contributed by atoms with Gasteiger partial charge in [0, 0.05) is 22.5 Å². The Labute approximate surface area is 127 Å². The Hall–Kier alpha value is -0.840. The van der Waals surface area contributed by atoms with E-state index in [-0.39, 0.29) is 12.6 Å². The van der Waals surface area contributed by atoms with E-state index in [9.17, 15) is 5.11 Å². The molecule has 0 saturated heterocycles. The molecule has 3 rings (SSSR count). The summed E-state index contributed by atoms with van der Waals surface area (Å²) in [5.74, 6) is 1.35. The van der Waals surface area contributed by atoms with Crippen molar-refractivity contribution in [2.75, 3.05) is 6.61 Å². The van der Waals surface area contributed by atoms with Crippen molar-refractivity contribution < 1.29 is 9.52 Å². The Morgan fingerprint density at radius 3 is 3.05 bits per heavy atom. The van der Waals surface area contributed by atoms with E-state index >= 15 is 0 Å². The average Bonchev–Trinajstić information content (AvgIpc) is 3.04. The van der Waals surface area contributed by atoms with E-state index in [1.54, 1.807) is 0 Å². The third kappa shape index (κ3) is 2.78. The summed E-state index contributed by atoms with van der Waals surface area (Å²) in [5, 5.41) is 14.1. The Balaban J connectivity index is 1.76. The van der Waals surface area contributed by atoms with Crippen molar-refractivity contribution in [3.05, 3.63) is 34.5 Å². The molecular weight excluding hydrogens is 318 g/mol. The van der Waals surface area contributed by atoms with Gasteiger partial charge in [0.25, 0.3) is 0 Å². The minimum absolute atomic E-state index is 0.165. The van der Waals surface area contributed by atoms with Gasteiger partial charge in [0.1, 0.15) is 11.3 Å². The van der Waals surface area contributed by atoms with Gasteiger partial charge < -0.3 is 14.8 Å². The molecule has 1 aromatic carbocycles. The Kier molecular flexibility index (Phi) is 4.15. The number of aliphatic hydroxyl groups excluding tert-OH is 1. The Morgan fingerprint density at radius 1 is 1.40 bits per heavy atom. The SMILES string of the molecule is CC(NC1CCCC1CO)c1cc2cc(Br)ccc2o1. The third-order valence-corrected chi connectivity index (χ3v) is 4.78. The number of fused-ring (bicyclic) bond motifs is 1. The van der Waals surface area contributed by atoms with Crippen LogP contribution in [0.5, 0.6) is 0 Å². The summed E-state index contributed by atoms with van der Waals surface area (Å²) in [4.78, 5) is 0. The fourth-order valence-corrected chi connectivity index (χ4v) is 3.50. The molecule has 3 unspecified atom stereocenters. The highest BCUT2D eigenvalue weighted by Crippen LogP contribution is 2.30. The first-order valence-corrected chi connectivity index (χ1v) is 8.02. The van der Waals surface area contributed by atoms with Crippen LogP contribution in [0.15, 0.2) is 33.2 Å². The molecule has 3 nitrogen and oxygen atoms in total. The van der Waals surface area contributed by atoms with E-state index in [0.29, 0.717) is 12.0 Å². The van der Waals surface area contributed by atoms with Crippen LogP contribution in [0, 0.1) is 5.92 Å². The zero-order valence-corrected chi connectivity index (χ0v) is 13.2. The molecule has 2 N–H and O–H groups in total. The van der Waals surface area contributed by atoms with Crippen LogP contribution in [-0.4, -0.2) is 17.8 Å². The first-order valence-electron chi connectivity index (χ1n) is 7.23. The van der Waals surface area contributed by atoms with Crippen LogP contribution in [0.25, 0.3) is 11.0 Å². The van der Waals surface area contributed by atoms with Gasteiger partial charge in [-0.3, -0.25) is 0 Å².